The third-order valence-corrected chi connectivity index (χ3v) is 5.49. The van der Waals surface area contributed by atoms with E-state index in [1.165, 1.54) is 25.4 Å². The molecule has 4 N–H and O–H groups in total. The van der Waals surface area contributed by atoms with Crippen LogP contribution in [0.4, 0.5) is 21.6 Å². The number of nitrogens with zero attached hydrogens (tertiary/aromatic N) is 2. The number of esters is 1. The number of rotatable bonds is 9. The van der Waals surface area contributed by atoms with Gasteiger partial charge < -0.3 is 25.8 Å². The van der Waals surface area contributed by atoms with Gasteiger partial charge in [0.1, 0.15) is 30.3 Å². The number of fused-ring (bicyclic) bond motifs is 1. The second-order valence-electron chi connectivity index (χ2n) is 7.97. The van der Waals surface area contributed by atoms with Crippen LogP contribution in [0.5, 0.6) is 5.75 Å². The third-order valence-electron chi connectivity index (χ3n) is 5.20. The number of amides is 1. The van der Waals surface area contributed by atoms with Crippen LogP contribution in [0.3, 0.4) is 0 Å². The number of aromatic nitrogens is 2. The van der Waals surface area contributed by atoms with Crippen LogP contribution in [0.25, 0.3) is 10.9 Å². The number of ether oxygens (including phenoxy) is 2. The number of hydrogen-bond donors (Lipinski definition) is 3. The quantitative estimate of drug-likeness (QED) is 0.272. The molecule has 0 aliphatic carbocycles. The van der Waals surface area contributed by atoms with Crippen LogP contribution in [0.2, 0.25) is 5.02 Å². The van der Waals surface area contributed by atoms with Crippen LogP contribution in [0, 0.1) is 5.82 Å². The van der Waals surface area contributed by atoms with Gasteiger partial charge in [0.05, 0.1) is 10.5 Å². The fourth-order valence-corrected chi connectivity index (χ4v) is 3.72. The minimum Gasteiger partial charge on any atom is -0.487 e. The summed E-state index contributed by atoms with van der Waals surface area (Å²) in [6.45, 7) is 1.21. The van der Waals surface area contributed by atoms with Crippen molar-refractivity contribution in [3.05, 3.63) is 83.4 Å². The predicted molar refractivity (Wildman–Crippen MR) is 138 cm³/mol. The van der Waals surface area contributed by atoms with Crippen molar-refractivity contribution in [2.45, 2.75) is 19.6 Å². The molecular formula is C26H23ClFN5O4. The minimum absolute atomic E-state index is 0.155. The Balaban J connectivity index is 1.50. The highest BCUT2D eigenvalue weighted by molar-refractivity contribution is 6.32. The van der Waals surface area contributed by atoms with Crippen LogP contribution in [0.1, 0.15) is 12.5 Å². The maximum atomic E-state index is 13.4. The second-order valence-corrected chi connectivity index (χ2v) is 8.37. The standard InChI is InChI=1S/C26H23ClFN5O4/c1-15(34)37-24(12-29)26(35)33-18-5-7-22-20(10-18)25(31-14-30-22)32-19-6-8-23(21(27)11-19)36-13-16-3-2-4-17(28)9-16/h2-11,14,24H,12-13,29H2,1H3,(H,33,35)(H,30,31,32). The van der Waals surface area contributed by atoms with Crippen molar-refractivity contribution < 1.29 is 23.5 Å². The summed E-state index contributed by atoms with van der Waals surface area (Å²) in [5, 5.41) is 6.86. The summed E-state index contributed by atoms with van der Waals surface area (Å²) in [7, 11) is 0. The number of nitrogens with one attached hydrogen (secondary N) is 2. The van der Waals surface area contributed by atoms with Crippen molar-refractivity contribution in [3.63, 3.8) is 0 Å². The van der Waals surface area contributed by atoms with E-state index in [2.05, 4.69) is 20.6 Å². The third kappa shape index (κ3) is 6.69. The Labute approximate surface area is 216 Å². The number of halogens is 2. The van der Waals surface area contributed by atoms with Gasteiger partial charge in [-0.25, -0.2) is 14.4 Å². The smallest absolute Gasteiger partial charge is 0.303 e. The lowest BCUT2D eigenvalue weighted by molar-refractivity contribution is -0.151. The molecule has 0 saturated heterocycles. The molecule has 9 nitrogen and oxygen atoms in total. The van der Waals surface area contributed by atoms with Crippen molar-refractivity contribution in [3.8, 4) is 5.75 Å². The Morgan fingerprint density at radius 1 is 1.08 bits per heavy atom. The molecule has 37 heavy (non-hydrogen) atoms. The Hall–Kier alpha value is -4.28. The van der Waals surface area contributed by atoms with Gasteiger partial charge in [-0.15, -0.1) is 0 Å². The predicted octanol–water partition coefficient (Wildman–Crippen LogP) is 4.57. The highest BCUT2D eigenvalue weighted by atomic mass is 35.5. The second kappa shape index (κ2) is 11.6. The average Bonchev–Trinajstić information content (AvgIpc) is 2.87. The van der Waals surface area contributed by atoms with Gasteiger partial charge in [-0.05, 0) is 54.1 Å². The van der Waals surface area contributed by atoms with E-state index in [1.54, 1.807) is 48.5 Å². The van der Waals surface area contributed by atoms with Crippen LogP contribution < -0.4 is 21.1 Å². The molecule has 0 spiro atoms. The Kier molecular flexibility index (Phi) is 8.11. The molecule has 1 atom stereocenters. The zero-order valence-electron chi connectivity index (χ0n) is 19.7. The van der Waals surface area contributed by atoms with E-state index in [4.69, 9.17) is 26.8 Å². The summed E-state index contributed by atoms with van der Waals surface area (Å²) in [6, 6.07) is 16.3. The summed E-state index contributed by atoms with van der Waals surface area (Å²) in [5.41, 5.74) is 7.94. The van der Waals surface area contributed by atoms with E-state index < -0.39 is 18.0 Å². The van der Waals surface area contributed by atoms with Crippen molar-refractivity contribution in [2.24, 2.45) is 5.73 Å². The molecule has 1 heterocycles. The fourth-order valence-electron chi connectivity index (χ4n) is 3.49. The number of anilines is 3. The first-order valence-corrected chi connectivity index (χ1v) is 11.6. The van der Waals surface area contributed by atoms with Crippen LogP contribution in [-0.4, -0.2) is 34.5 Å². The van der Waals surface area contributed by atoms with Crippen molar-refractivity contribution in [2.75, 3.05) is 17.2 Å². The molecule has 0 aliphatic heterocycles. The molecule has 11 heteroatoms. The van der Waals surface area contributed by atoms with Crippen molar-refractivity contribution >= 4 is 51.6 Å². The molecule has 0 saturated carbocycles. The van der Waals surface area contributed by atoms with Gasteiger partial charge in [-0.3, -0.25) is 9.59 Å². The molecule has 1 unspecified atom stereocenters. The van der Waals surface area contributed by atoms with Crippen molar-refractivity contribution in [1.29, 1.82) is 0 Å². The Morgan fingerprint density at radius 2 is 1.89 bits per heavy atom. The summed E-state index contributed by atoms with van der Waals surface area (Å²) >= 11 is 6.41. The van der Waals surface area contributed by atoms with Crippen LogP contribution in [0.15, 0.2) is 67.0 Å². The van der Waals surface area contributed by atoms with E-state index in [9.17, 15) is 14.0 Å². The van der Waals surface area contributed by atoms with E-state index in [0.717, 1.165) is 0 Å². The highest BCUT2D eigenvalue weighted by Crippen LogP contribution is 2.31. The van der Waals surface area contributed by atoms with E-state index >= 15 is 0 Å². The summed E-state index contributed by atoms with van der Waals surface area (Å²) < 4.78 is 24.0. The largest absolute Gasteiger partial charge is 0.487 e. The molecule has 0 bridgehead atoms. The van der Waals surface area contributed by atoms with Crippen LogP contribution in [-0.2, 0) is 20.9 Å². The van der Waals surface area contributed by atoms with Gasteiger partial charge in [0.25, 0.3) is 5.91 Å². The molecule has 0 radical (unpaired) electrons. The normalized spacial score (nSPS) is 11.6. The van der Waals surface area contributed by atoms with Gasteiger partial charge in [0.2, 0.25) is 0 Å². The molecule has 0 fully saturated rings. The molecule has 4 aromatic rings. The maximum Gasteiger partial charge on any atom is 0.303 e. The molecule has 1 amide bonds. The fraction of sp³-hybridized carbons (Fsp3) is 0.154. The minimum atomic E-state index is -1.11. The zero-order chi connectivity index (χ0) is 26.4. The lowest BCUT2D eigenvalue weighted by Gasteiger charge is -2.15. The number of benzene rings is 3. The molecule has 1 aromatic heterocycles. The maximum absolute atomic E-state index is 13.4. The topological polar surface area (TPSA) is 128 Å². The number of carbonyl (C=O) groups is 2. The van der Waals surface area contributed by atoms with Gasteiger partial charge in [-0.2, -0.15) is 0 Å². The highest BCUT2D eigenvalue weighted by Gasteiger charge is 2.20. The first-order valence-electron chi connectivity index (χ1n) is 11.2. The van der Waals surface area contributed by atoms with Gasteiger partial charge >= 0.3 is 5.97 Å². The average molecular weight is 524 g/mol. The summed E-state index contributed by atoms with van der Waals surface area (Å²) in [6.07, 6.45) is 0.299. The SMILES string of the molecule is CC(=O)OC(CN)C(=O)Nc1ccc2ncnc(Nc3ccc(OCc4cccc(F)c4)c(Cl)c3)c2c1. The zero-order valence-corrected chi connectivity index (χ0v) is 20.5. The lowest BCUT2D eigenvalue weighted by Crippen LogP contribution is -2.37. The van der Waals surface area contributed by atoms with Crippen molar-refractivity contribution in [1.82, 2.24) is 9.97 Å². The van der Waals surface area contributed by atoms with Gasteiger partial charge in [0.15, 0.2) is 6.10 Å². The lowest BCUT2D eigenvalue weighted by atomic mass is 10.2. The van der Waals surface area contributed by atoms with E-state index in [-0.39, 0.29) is 19.0 Å². The Morgan fingerprint density at radius 3 is 2.62 bits per heavy atom. The molecule has 190 valence electrons. The van der Waals surface area contributed by atoms with E-state index in [1.807, 2.05) is 0 Å². The Bertz CT molecular complexity index is 1450. The monoisotopic (exact) mass is 523 g/mol. The van der Waals surface area contributed by atoms with Gasteiger partial charge in [-0.1, -0.05) is 23.7 Å². The molecule has 0 aliphatic rings. The number of hydrogen-bond acceptors (Lipinski definition) is 8. The first-order chi connectivity index (χ1) is 17.8. The first kappa shape index (κ1) is 25.8. The molecule has 3 aromatic carbocycles. The van der Waals surface area contributed by atoms with Crippen LogP contribution >= 0.6 is 11.6 Å². The number of carbonyl (C=O) groups excluding carboxylic acids is 2. The summed E-state index contributed by atoms with van der Waals surface area (Å²) in [4.78, 5) is 32.2. The molecule has 4 rings (SSSR count). The molecular weight excluding hydrogens is 501 g/mol. The summed E-state index contributed by atoms with van der Waals surface area (Å²) in [5.74, 6) is -0.579. The van der Waals surface area contributed by atoms with E-state index in [0.29, 0.717) is 44.4 Å². The van der Waals surface area contributed by atoms with Gasteiger partial charge in [0, 0.05) is 30.2 Å². The number of nitrogens with two attached hydrogens (primary N) is 1.